The van der Waals surface area contributed by atoms with Gasteiger partial charge in [-0.2, -0.15) is 0 Å². The van der Waals surface area contributed by atoms with Crippen molar-refractivity contribution in [2.75, 3.05) is 27.4 Å². The Morgan fingerprint density at radius 3 is 2.27 bits per heavy atom. The molecule has 0 saturated carbocycles. The molecule has 0 aromatic heterocycles. The van der Waals surface area contributed by atoms with Gasteiger partial charge in [-0.1, -0.05) is 18.2 Å². The standard InChI is InChI=1S/C18H23FN2O4S/c1-24-10-9-21-26(22,23)16-6-3-14(4-7-16)12-20-13-15-5-8-18(25-2)17(19)11-15/h3-8,11,20-21H,9-10,12-13H2,1-2H3. The Labute approximate surface area is 153 Å². The fourth-order valence-electron chi connectivity index (χ4n) is 2.32. The average Bonchev–Trinajstić information content (AvgIpc) is 2.62. The Hall–Kier alpha value is -2.00. The molecule has 0 saturated heterocycles. The van der Waals surface area contributed by atoms with Gasteiger partial charge in [0.25, 0.3) is 0 Å². The quantitative estimate of drug-likeness (QED) is 0.615. The molecule has 0 unspecified atom stereocenters. The fraction of sp³-hybridized carbons (Fsp3) is 0.333. The monoisotopic (exact) mass is 382 g/mol. The molecule has 0 atom stereocenters. The van der Waals surface area contributed by atoms with E-state index in [1.165, 1.54) is 20.3 Å². The lowest BCUT2D eigenvalue weighted by Crippen LogP contribution is -2.27. The Morgan fingerprint density at radius 1 is 1.00 bits per heavy atom. The van der Waals surface area contributed by atoms with Crippen LogP contribution in [0.15, 0.2) is 47.4 Å². The predicted octanol–water partition coefficient (Wildman–Crippen LogP) is 2.05. The Balaban J connectivity index is 1.88. The lowest BCUT2D eigenvalue weighted by atomic mass is 10.2. The van der Waals surface area contributed by atoms with Crippen molar-refractivity contribution in [3.63, 3.8) is 0 Å². The third kappa shape index (κ3) is 5.77. The molecular weight excluding hydrogens is 359 g/mol. The van der Waals surface area contributed by atoms with Gasteiger partial charge in [0, 0.05) is 26.7 Å². The van der Waals surface area contributed by atoms with Gasteiger partial charge in [0.05, 0.1) is 18.6 Å². The van der Waals surface area contributed by atoms with E-state index >= 15 is 0 Å². The molecule has 6 nitrogen and oxygen atoms in total. The third-order valence-corrected chi connectivity index (χ3v) is 5.18. The van der Waals surface area contributed by atoms with Crippen LogP contribution in [0, 0.1) is 5.82 Å². The Kier molecular flexibility index (Phi) is 7.52. The minimum atomic E-state index is -3.53. The van der Waals surface area contributed by atoms with Crippen LogP contribution in [-0.4, -0.2) is 35.8 Å². The first-order chi connectivity index (χ1) is 12.5. The molecule has 0 aliphatic carbocycles. The highest BCUT2D eigenvalue weighted by atomic mass is 32.2. The summed E-state index contributed by atoms with van der Waals surface area (Å²) >= 11 is 0. The first-order valence-electron chi connectivity index (χ1n) is 8.07. The molecule has 2 aromatic rings. The summed E-state index contributed by atoms with van der Waals surface area (Å²) in [6.07, 6.45) is 0. The summed E-state index contributed by atoms with van der Waals surface area (Å²) in [4.78, 5) is 0.203. The maximum Gasteiger partial charge on any atom is 0.240 e. The molecule has 0 fully saturated rings. The van der Waals surface area contributed by atoms with Crippen molar-refractivity contribution in [2.24, 2.45) is 0 Å². The number of ether oxygens (including phenoxy) is 2. The van der Waals surface area contributed by atoms with Gasteiger partial charge in [0.15, 0.2) is 11.6 Å². The second kappa shape index (κ2) is 9.63. The number of rotatable bonds is 10. The highest BCUT2D eigenvalue weighted by molar-refractivity contribution is 7.89. The van der Waals surface area contributed by atoms with Crippen LogP contribution in [0.25, 0.3) is 0 Å². The Morgan fingerprint density at radius 2 is 1.65 bits per heavy atom. The predicted molar refractivity (Wildman–Crippen MR) is 97.0 cm³/mol. The van der Waals surface area contributed by atoms with E-state index in [4.69, 9.17) is 9.47 Å². The van der Waals surface area contributed by atoms with Gasteiger partial charge in [-0.15, -0.1) is 0 Å². The van der Waals surface area contributed by atoms with Crippen LogP contribution in [0.2, 0.25) is 0 Å². The van der Waals surface area contributed by atoms with Crippen molar-refractivity contribution in [1.29, 1.82) is 0 Å². The molecule has 0 amide bonds. The van der Waals surface area contributed by atoms with Crippen LogP contribution in [0.1, 0.15) is 11.1 Å². The van der Waals surface area contributed by atoms with E-state index in [0.29, 0.717) is 19.7 Å². The van der Waals surface area contributed by atoms with Crippen LogP contribution in [-0.2, 0) is 27.8 Å². The minimum absolute atomic E-state index is 0.203. The van der Waals surface area contributed by atoms with E-state index in [-0.39, 0.29) is 17.2 Å². The van der Waals surface area contributed by atoms with E-state index in [9.17, 15) is 12.8 Å². The van der Waals surface area contributed by atoms with Gasteiger partial charge >= 0.3 is 0 Å². The van der Waals surface area contributed by atoms with E-state index < -0.39 is 15.8 Å². The third-order valence-electron chi connectivity index (χ3n) is 3.71. The molecule has 0 bridgehead atoms. The molecule has 2 N–H and O–H groups in total. The van der Waals surface area contributed by atoms with Crippen LogP contribution in [0.3, 0.4) is 0 Å². The number of halogens is 1. The fourth-order valence-corrected chi connectivity index (χ4v) is 3.33. The van der Waals surface area contributed by atoms with Gasteiger partial charge in [-0.25, -0.2) is 17.5 Å². The molecule has 0 radical (unpaired) electrons. The molecule has 2 rings (SSSR count). The SMILES string of the molecule is COCCNS(=O)(=O)c1ccc(CNCc2ccc(OC)c(F)c2)cc1. The molecule has 2 aromatic carbocycles. The lowest BCUT2D eigenvalue weighted by Gasteiger charge is -2.09. The normalized spacial score (nSPS) is 11.5. The summed E-state index contributed by atoms with van der Waals surface area (Å²) in [5, 5.41) is 3.19. The van der Waals surface area contributed by atoms with Crippen LogP contribution in [0.5, 0.6) is 5.75 Å². The molecule has 8 heteroatoms. The summed E-state index contributed by atoms with van der Waals surface area (Å²) < 4.78 is 50.0. The summed E-state index contributed by atoms with van der Waals surface area (Å²) in [6, 6.07) is 11.4. The number of nitrogens with one attached hydrogen (secondary N) is 2. The molecule has 26 heavy (non-hydrogen) atoms. The number of hydrogen-bond donors (Lipinski definition) is 2. The zero-order valence-electron chi connectivity index (χ0n) is 14.8. The van der Waals surface area contributed by atoms with E-state index in [2.05, 4.69) is 10.0 Å². The van der Waals surface area contributed by atoms with Crippen LogP contribution >= 0.6 is 0 Å². The van der Waals surface area contributed by atoms with Gasteiger partial charge < -0.3 is 14.8 Å². The van der Waals surface area contributed by atoms with Gasteiger partial charge in [0.1, 0.15) is 0 Å². The number of benzene rings is 2. The van der Waals surface area contributed by atoms with Gasteiger partial charge in [-0.05, 0) is 35.4 Å². The van der Waals surface area contributed by atoms with Gasteiger partial charge in [0.2, 0.25) is 10.0 Å². The van der Waals surface area contributed by atoms with Crippen molar-refractivity contribution in [1.82, 2.24) is 10.0 Å². The van der Waals surface area contributed by atoms with Gasteiger partial charge in [-0.3, -0.25) is 0 Å². The second-order valence-electron chi connectivity index (χ2n) is 5.61. The van der Waals surface area contributed by atoms with Crippen molar-refractivity contribution in [3.8, 4) is 5.75 Å². The van der Waals surface area contributed by atoms with Crippen molar-refractivity contribution >= 4 is 10.0 Å². The zero-order chi connectivity index (χ0) is 19.0. The Bertz CT molecular complexity index is 810. The summed E-state index contributed by atoms with van der Waals surface area (Å²) in [6.45, 7) is 1.55. The molecule has 142 valence electrons. The molecule has 0 aliphatic heterocycles. The summed E-state index contributed by atoms with van der Waals surface area (Å²) in [5.41, 5.74) is 1.72. The topological polar surface area (TPSA) is 76.7 Å². The average molecular weight is 382 g/mol. The first kappa shape index (κ1) is 20.3. The number of sulfonamides is 1. The lowest BCUT2D eigenvalue weighted by molar-refractivity contribution is 0.204. The molecule has 0 aliphatic rings. The van der Waals surface area contributed by atoms with Crippen LogP contribution < -0.4 is 14.8 Å². The number of hydrogen-bond acceptors (Lipinski definition) is 5. The molecule has 0 heterocycles. The maximum atomic E-state index is 13.6. The van der Waals surface area contributed by atoms with Crippen molar-refractivity contribution in [2.45, 2.75) is 18.0 Å². The van der Waals surface area contributed by atoms with Crippen molar-refractivity contribution < 1.29 is 22.3 Å². The smallest absolute Gasteiger partial charge is 0.240 e. The van der Waals surface area contributed by atoms with Crippen LogP contribution in [0.4, 0.5) is 4.39 Å². The minimum Gasteiger partial charge on any atom is -0.494 e. The highest BCUT2D eigenvalue weighted by Crippen LogP contribution is 2.17. The largest absolute Gasteiger partial charge is 0.494 e. The first-order valence-corrected chi connectivity index (χ1v) is 9.55. The highest BCUT2D eigenvalue weighted by Gasteiger charge is 2.12. The van der Waals surface area contributed by atoms with E-state index in [0.717, 1.165) is 11.1 Å². The molecular formula is C18H23FN2O4S. The van der Waals surface area contributed by atoms with Crippen molar-refractivity contribution in [3.05, 3.63) is 59.4 Å². The number of methoxy groups -OCH3 is 2. The van der Waals surface area contributed by atoms with E-state index in [1.807, 2.05) is 0 Å². The zero-order valence-corrected chi connectivity index (χ0v) is 15.6. The maximum absolute atomic E-state index is 13.6. The molecule has 0 spiro atoms. The summed E-state index contributed by atoms with van der Waals surface area (Å²) in [5.74, 6) is -0.188. The van der Waals surface area contributed by atoms with E-state index in [1.54, 1.807) is 36.4 Å². The second-order valence-corrected chi connectivity index (χ2v) is 7.37. The summed E-state index contributed by atoms with van der Waals surface area (Å²) in [7, 11) is -0.594.